The van der Waals surface area contributed by atoms with Crippen LogP contribution in [-0.2, 0) is 4.79 Å². The molecule has 0 radical (unpaired) electrons. The fraction of sp³-hybridized carbons (Fsp3) is 0.200. The van der Waals surface area contributed by atoms with Crippen molar-refractivity contribution in [1.82, 2.24) is 0 Å². The third kappa shape index (κ3) is 5.45. The van der Waals surface area contributed by atoms with Crippen LogP contribution in [0.3, 0.4) is 0 Å². The Morgan fingerprint density at radius 2 is 1.96 bits per heavy atom. The van der Waals surface area contributed by atoms with Crippen LogP contribution in [0.2, 0.25) is 0 Å². The van der Waals surface area contributed by atoms with Gasteiger partial charge >= 0.3 is 0 Å². The minimum absolute atomic E-state index is 0.0209. The Hall–Kier alpha value is -2.10. The molecule has 134 valence electrons. The minimum atomic E-state index is -0.448. The highest BCUT2D eigenvalue weighted by atomic mass is 79.9. The van der Waals surface area contributed by atoms with Crippen molar-refractivity contribution in [2.75, 3.05) is 11.9 Å². The van der Waals surface area contributed by atoms with E-state index in [9.17, 15) is 10.1 Å². The Balaban J connectivity index is 2.25. The van der Waals surface area contributed by atoms with Gasteiger partial charge in [-0.3, -0.25) is 4.79 Å². The largest absolute Gasteiger partial charge is 0.491 e. The van der Waals surface area contributed by atoms with E-state index in [2.05, 4.69) is 37.2 Å². The number of amides is 1. The van der Waals surface area contributed by atoms with Crippen LogP contribution < -0.4 is 10.1 Å². The first-order chi connectivity index (χ1) is 12.4. The van der Waals surface area contributed by atoms with Crippen molar-refractivity contribution < 1.29 is 9.53 Å². The zero-order valence-electron chi connectivity index (χ0n) is 14.5. The number of nitrogens with zero attached hydrogens (tertiary/aromatic N) is 1. The summed E-state index contributed by atoms with van der Waals surface area (Å²) in [6, 6.07) is 13.0. The molecule has 2 rings (SSSR count). The lowest BCUT2D eigenvalue weighted by Gasteiger charge is -2.10. The fourth-order valence-corrected chi connectivity index (χ4v) is 3.69. The van der Waals surface area contributed by atoms with Crippen LogP contribution in [0, 0.1) is 18.3 Å². The van der Waals surface area contributed by atoms with Crippen molar-refractivity contribution >= 4 is 49.5 Å². The number of anilines is 1. The van der Waals surface area contributed by atoms with E-state index >= 15 is 0 Å². The van der Waals surface area contributed by atoms with E-state index in [1.807, 2.05) is 50.2 Å². The Bertz CT molecular complexity index is 863. The Morgan fingerprint density at radius 1 is 1.27 bits per heavy atom. The molecule has 0 saturated carbocycles. The molecule has 0 aliphatic rings. The normalized spacial score (nSPS) is 11.0. The van der Waals surface area contributed by atoms with Gasteiger partial charge in [-0.2, -0.15) is 5.26 Å². The number of benzene rings is 2. The van der Waals surface area contributed by atoms with E-state index in [4.69, 9.17) is 4.74 Å². The summed E-state index contributed by atoms with van der Waals surface area (Å²) in [6.07, 6.45) is 2.45. The predicted molar refractivity (Wildman–Crippen MR) is 111 cm³/mol. The second-order valence-corrected chi connectivity index (χ2v) is 7.36. The number of halogens is 2. The monoisotopic (exact) mass is 476 g/mol. The summed E-state index contributed by atoms with van der Waals surface area (Å²) in [4.78, 5) is 12.4. The fourth-order valence-electron chi connectivity index (χ4n) is 2.24. The van der Waals surface area contributed by atoms with E-state index in [1.54, 1.807) is 12.1 Å². The van der Waals surface area contributed by atoms with Crippen LogP contribution in [0.5, 0.6) is 5.75 Å². The number of hydrogen-bond donors (Lipinski definition) is 1. The van der Waals surface area contributed by atoms with Crippen LogP contribution in [0.25, 0.3) is 6.08 Å². The highest BCUT2D eigenvalue weighted by Gasteiger charge is 2.12. The summed E-state index contributed by atoms with van der Waals surface area (Å²) >= 11 is 6.94. The molecule has 0 bridgehead atoms. The van der Waals surface area contributed by atoms with E-state index in [0.29, 0.717) is 23.6 Å². The predicted octanol–water partition coefficient (Wildman–Crippen LogP) is 5.85. The quantitative estimate of drug-likeness (QED) is 0.419. The molecule has 1 N–H and O–H groups in total. The molecular formula is C20H18Br2N2O2. The molecule has 0 heterocycles. The van der Waals surface area contributed by atoms with E-state index in [1.165, 1.54) is 0 Å². The van der Waals surface area contributed by atoms with Gasteiger partial charge in [0.05, 0.1) is 15.6 Å². The topological polar surface area (TPSA) is 62.1 Å². The van der Waals surface area contributed by atoms with Crippen LogP contribution in [0.1, 0.15) is 24.5 Å². The molecule has 0 aliphatic carbocycles. The van der Waals surface area contributed by atoms with Gasteiger partial charge in [-0.25, -0.2) is 0 Å². The summed E-state index contributed by atoms with van der Waals surface area (Å²) in [5, 5.41) is 12.1. The maximum Gasteiger partial charge on any atom is 0.266 e. The SMILES string of the molecule is CCCOc1c(Br)cc(/C=C(\C#N)C(=O)Nc2cccc(C)c2)cc1Br. The summed E-state index contributed by atoms with van der Waals surface area (Å²) in [5.74, 6) is 0.253. The summed E-state index contributed by atoms with van der Waals surface area (Å²) in [6.45, 7) is 4.58. The molecule has 0 saturated heterocycles. The third-order valence-electron chi connectivity index (χ3n) is 3.42. The van der Waals surface area contributed by atoms with Crippen LogP contribution in [0.15, 0.2) is 50.9 Å². The van der Waals surface area contributed by atoms with Crippen LogP contribution >= 0.6 is 31.9 Å². The molecule has 6 heteroatoms. The second kappa shape index (κ2) is 9.56. The van der Waals surface area contributed by atoms with Crippen molar-refractivity contribution in [2.24, 2.45) is 0 Å². The number of ether oxygens (including phenoxy) is 1. The van der Waals surface area contributed by atoms with Crippen LogP contribution in [-0.4, -0.2) is 12.5 Å². The van der Waals surface area contributed by atoms with Gasteiger partial charge in [0.25, 0.3) is 5.91 Å². The maximum atomic E-state index is 12.4. The molecule has 26 heavy (non-hydrogen) atoms. The minimum Gasteiger partial charge on any atom is -0.491 e. The first-order valence-electron chi connectivity index (χ1n) is 8.06. The molecule has 0 atom stereocenters. The number of nitrogens with one attached hydrogen (secondary N) is 1. The number of rotatable bonds is 6. The number of aryl methyl sites for hydroxylation is 1. The number of carbonyl (C=O) groups is 1. The van der Waals surface area contributed by atoms with Gasteiger partial charge in [0.1, 0.15) is 17.4 Å². The molecule has 0 aliphatic heterocycles. The zero-order valence-corrected chi connectivity index (χ0v) is 17.6. The Kier molecular flexibility index (Phi) is 7.43. The number of nitriles is 1. The average molecular weight is 478 g/mol. The van der Waals surface area contributed by atoms with Gasteiger partial charge < -0.3 is 10.1 Å². The van der Waals surface area contributed by atoms with E-state index < -0.39 is 5.91 Å². The van der Waals surface area contributed by atoms with Crippen molar-refractivity contribution in [3.05, 3.63) is 62.0 Å². The number of carbonyl (C=O) groups excluding carboxylic acids is 1. The molecule has 0 unspecified atom stereocenters. The first kappa shape index (κ1) is 20.2. The van der Waals surface area contributed by atoms with Gasteiger partial charge in [0.2, 0.25) is 0 Å². The van der Waals surface area contributed by atoms with Gasteiger partial charge in [-0.05, 0) is 86.7 Å². The van der Waals surface area contributed by atoms with Gasteiger partial charge in [0, 0.05) is 5.69 Å². The van der Waals surface area contributed by atoms with E-state index in [0.717, 1.165) is 20.9 Å². The Morgan fingerprint density at radius 3 is 2.54 bits per heavy atom. The van der Waals surface area contributed by atoms with Crippen molar-refractivity contribution in [3.63, 3.8) is 0 Å². The zero-order chi connectivity index (χ0) is 19.1. The lowest BCUT2D eigenvalue weighted by molar-refractivity contribution is -0.112. The van der Waals surface area contributed by atoms with Crippen molar-refractivity contribution in [3.8, 4) is 11.8 Å². The summed E-state index contributed by atoms with van der Waals surface area (Å²) < 4.78 is 7.19. The van der Waals surface area contributed by atoms with Gasteiger partial charge in [-0.15, -0.1) is 0 Å². The molecule has 2 aromatic rings. The molecule has 1 amide bonds. The summed E-state index contributed by atoms with van der Waals surface area (Å²) in [7, 11) is 0. The number of hydrogen-bond acceptors (Lipinski definition) is 3. The second-order valence-electron chi connectivity index (χ2n) is 5.66. The standard InChI is InChI=1S/C20H18Br2N2O2/c1-3-7-26-19-17(21)10-14(11-18(19)22)9-15(12-23)20(25)24-16-6-4-5-13(2)8-16/h4-6,8-11H,3,7H2,1-2H3,(H,24,25)/b15-9+. The summed E-state index contributed by atoms with van der Waals surface area (Å²) in [5.41, 5.74) is 2.42. The van der Waals surface area contributed by atoms with Crippen molar-refractivity contribution in [2.45, 2.75) is 20.3 Å². The van der Waals surface area contributed by atoms with E-state index in [-0.39, 0.29) is 5.57 Å². The smallest absolute Gasteiger partial charge is 0.266 e. The molecule has 0 fully saturated rings. The third-order valence-corrected chi connectivity index (χ3v) is 4.60. The average Bonchev–Trinajstić information content (AvgIpc) is 2.59. The molecule has 0 spiro atoms. The van der Waals surface area contributed by atoms with Gasteiger partial charge in [0.15, 0.2) is 0 Å². The maximum absolute atomic E-state index is 12.4. The first-order valence-corrected chi connectivity index (χ1v) is 9.65. The Labute approximate surface area is 170 Å². The molecule has 0 aromatic heterocycles. The lowest BCUT2D eigenvalue weighted by Crippen LogP contribution is -2.13. The lowest BCUT2D eigenvalue weighted by atomic mass is 10.1. The molecule has 2 aromatic carbocycles. The highest BCUT2D eigenvalue weighted by Crippen LogP contribution is 2.35. The van der Waals surface area contributed by atoms with Gasteiger partial charge in [-0.1, -0.05) is 19.1 Å². The highest BCUT2D eigenvalue weighted by molar-refractivity contribution is 9.11. The van der Waals surface area contributed by atoms with Crippen molar-refractivity contribution in [1.29, 1.82) is 5.26 Å². The molecule has 4 nitrogen and oxygen atoms in total. The molecular weight excluding hydrogens is 460 g/mol. The van der Waals surface area contributed by atoms with Crippen LogP contribution in [0.4, 0.5) is 5.69 Å².